The molecule has 0 aromatic rings. The predicted octanol–water partition coefficient (Wildman–Crippen LogP) is -0.238. The molecular formula is ClLuO2. The Morgan fingerprint density at radius 3 is 0.750 bits per heavy atom. The molecule has 0 fully saturated rings. The van der Waals surface area contributed by atoms with Gasteiger partial charge < -0.3 is 11.0 Å². The zero-order valence-electron chi connectivity index (χ0n) is 1.45. The van der Waals surface area contributed by atoms with Gasteiger partial charge in [-0.05, 0) is 0 Å². The van der Waals surface area contributed by atoms with Crippen LogP contribution < -0.4 is 0 Å². The van der Waals surface area contributed by atoms with Crippen molar-refractivity contribution in [3.8, 4) is 0 Å². The van der Waals surface area contributed by atoms with Crippen LogP contribution in [0.5, 0.6) is 0 Å². The van der Waals surface area contributed by atoms with E-state index < -0.39 is 0 Å². The van der Waals surface area contributed by atoms with Gasteiger partial charge in [0, 0.05) is 0 Å². The molecule has 34 valence electrons. The first kappa shape index (κ1) is 51.6. The molecule has 4 heteroatoms. The third-order valence-corrected chi connectivity index (χ3v) is 0. The van der Waals surface area contributed by atoms with Crippen LogP contribution in [0.2, 0.25) is 0 Å². The Bertz CT molecular complexity index is 6.00. The Balaban J connectivity index is 0. The van der Waals surface area contributed by atoms with Gasteiger partial charge in [0.05, 0.1) is 0 Å². The molecule has 0 heterocycles. The van der Waals surface area contributed by atoms with Crippen LogP contribution in [-0.4, -0.2) is 0 Å². The average Bonchev–Trinajstić information content (AvgIpc) is 0. The van der Waals surface area contributed by atoms with Crippen molar-refractivity contribution in [3.05, 3.63) is 0 Å². The summed E-state index contributed by atoms with van der Waals surface area (Å²) in [7, 11) is 0. The zero-order valence-corrected chi connectivity index (χ0v) is 3.87. The molecule has 0 amide bonds. The van der Waals surface area contributed by atoms with Crippen molar-refractivity contribution in [1.82, 2.24) is 0 Å². The molecular weight excluding hydrogens is 242 g/mol. The normalized spacial score (nSPS) is 0. The van der Waals surface area contributed by atoms with Gasteiger partial charge in [-0.15, -0.1) is 0 Å². The van der Waals surface area contributed by atoms with Crippen LogP contribution in [0.25, 0.3) is 0 Å². The second kappa shape index (κ2) is 25.3. The van der Waals surface area contributed by atoms with Crippen LogP contribution in [-0.2, 0) is 11.0 Å². The molecule has 0 rings (SSSR count). The zero-order chi connectivity index (χ0) is 0. The first-order valence-electron chi connectivity index (χ1n) is 0. The van der Waals surface area contributed by atoms with Gasteiger partial charge in [-0.25, -0.2) is 0 Å². The molecule has 0 aliphatic carbocycles. The maximum absolute atomic E-state index is 0. The van der Waals surface area contributed by atoms with E-state index in [0.717, 1.165) is 0 Å². The minimum atomic E-state index is 0. The van der Waals surface area contributed by atoms with Crippen LogP contribution in [0.1, 0.15) is 0 Å². The summed E-state index contributed by atoms with van der Waals surface area (Å²) in [5, 5.41) is 0. The fraction of sp³-hybridized carbons (Fsp3) is 0. The van der Waals surface area contributed by atoms with Gasteiger partial charge in [-0.2, -0.15) is 0 Å². The second-order valence-electron chi connectivity index (χ2n) is 0. The van der Waals surface area contributed by atoms with E-state index in [1.165, 1.54) is 0 Å². The summed E-state index contributed by atoms with van der Waals surface area (Å²) in [5.41, 5.74) is 0. The van der Waals surface area contributed by atoms with Crippen molar-refractivity contribution < 1.29 is 60.2 Å². The first-order chi connectivity index (χ1) is 0. The van der Waals surface area contributed by atoms with Crippen molar-refractivity contribution in [3.63, 3.8) is 0 Å². The van der Waals surface area contributed by atoms with Crippen molar-refractivity contribution in [2.75, 3.05) is 0 Å². The minimum absolute atomic E-state index is 0. The number of hydrogen-bond acceptors (Lipinski definition) is 0. The second-order valence-corrected chi connectivity index (χ2v) is 0. The molecule has 0 aliphatic rings. The smallest absolute Gasteiger partial charge is 2.00 e. The Morgan fingerprint density at radius 2 is 0.750 bits per heavy atom. The molecule has 2 nitrogen and oxygen atoms in total. The molecule has 0 aromatic carbocycles. The SMILES string of the molecule is [Cl+].[Lu+3].[O-2].[O-2]. The summed E-state index contributed by atoms with van der Waals surface area (Å²) < 4.78 is 0. The molecule has 0 atom stereocenters. The van der Waals surface area contributed by atoms with Crippen LogP contribution >= 0.6 is 0 Å². The van der Waals surface area contributed by atoms with Crippen LogP contribution in [0.4, 0.5) is 0 Å². The molecule has 0 aromatic heterocycles. The monoisotopic (exact) mass is 242 g/mol. The van der Waals surface area contributed by atoms with Gasteiger partial charge in [0.2, 0.25) is 0 Å². The molecule has 0 unspecified atom stereocenters. The van der Waals surface area contributed by atoms with E-state index in [0.29, 0.717) is 0 Å². The quantitative estimate of drug-likeness (QED) is 0.563. The fourth-order valence-electron chi connectivity index (χ4n) is 0. The van der Waals surface area contributed by atoms with Crippen LogP contribution in [0, 0.1) is 49.3 Å². The summed E-state index contributed by atoms with van der Waals surface area (Å²) in [4.78, 5) is 0. The van der Waals surface area contributed by atoms with E-state index in [4.69, 9.17) is 0 Å². The molecule has 0 bridgehead atoms. The molecule has 0 saturated carbocycles. The Morgan fingerprint density at radius 1 is 0.750 bits per heavy atom. The topological polar surface area (TPSA) is 57.0 Å². The maximum atomic E-state index is 0. The van der Waals surface area contributed by atoms with Crippen molar-refractivity contribution in [2.45, 2.75) is 0 Å². The van der Waals surface area contributed by atoms with E-state index >= 15 is 0 Å². The third kappa shape index (κ3) is 9.87. The molecule has 2 radical (unpaired) electrons. The van der Waals surface area contributed by atoms with Gasteiger partial charge in [0.1, 0.15) is 0 Å². The van der Waals surface area contributed by atoms with E-state index in [-0.39, 0.29) is 60.2 Å². The van der Waals surface area contributed by atoms with E-state index in [1.807, 2.05) is 0 Å². The summed E-state index contributed by atoms with van der Waals surface area (Å²) in [6.45, 7) is 0. The molecule has 0 N–H and O–H groups in total. The van der Waals surface area contributed by atoms with Gasteiger partial charge in [-0.1, -0.05) is 0 Å². The summed E-state index contributed by atoms with van der Waals surface area (Å²) >= 11 is 0. The molecule has 0 aliphatic heterocycles. The van der Waals surface area contributed by atoms with Crippen molar-refractivity contribution in [2.24, 2.45) is 0 Å². The first-order valence-corrected chi connectivity index (χ1v) is 0. The van der Waals surface area contributed by atoms with Crippen LogP contribution in [0.15, 0.2) is 0 Å². The van der Waals surface area contributed by atoms with Gasteiger partial charge >= 0.3 is 49.3 Å². The van der Waals surface area contributed by atoms with E-state index in [9.17, 15) is 0 Å². The molecule has 0 saturated heterocycles. The van der Waals surface area contributed by atoms with Crippen LogP contribution in [0.3, 0.4) is 0 Å². The largest absolute Gasteiger partial charge is 3.00 e. The summed E-state index contributed by atoms with van der Waals surface area (Å²) in [6, 6.07) is 0. The Kier molecular flexibility index (Phi) is 326. The van der Waals surface area contributed by atoms with Crippen molar-refractivity contribution >= 4 is 0 Å². The fourth-order valence-corrected chi connectivity index (χ4v) is 0. The van der Waals surface area contributed by atoms with E-state index in [1.54, 1.807) is 0 Å². The number of halogens is 1. The maximum Gasteiger partial charge on any atom is 3.00 e. The number of hydrogen-bond donors (Lipinski definition) is 0. The third-order valence-electron chi connectivity index (χ3n) is 0. The summed E-state index contributed by atoms with van der Waals surface area (Å²) in [6.07, 6.45) is 0. The van der Waals surface area contributed by atoms with E-state index in [2.05, 4.69) is 0 Å². The Labute approximate surface area is 59.8 Å². The van der Waals surface area contributed by atoms with Crippen molar-refractivity contribution in [1.29, 1.82) is 0 Å². The van der Waals surface area contributed by atoms with Gasteiger partial charge in [-0.3, -0.25) is 0 Å². The minimum Gasteiger partial charge on any atom is -2.00 e. The molecule has 0 spiro atoms. The molecule has 4 heavy (non-hydrogen) atoms. The Hall–Kier alpha value is 1.44. The van der Waals surface area contributed by atoms with Gasteiger partial charge in [0.15, 0.2) is 0 Å². The standard InChI is InChI=1S/Cl.Lu.2O/q+1;+3;2*-2. The van der Waals surface area contributed by atoms with Gasteiger partial charge in [0.25, 0.3) is 0 Å². The predicted molar refractivity (Wildman–Crippen MR) is 1.37 cm³/mol. The average molecular weight is 242 g/mol. The number of rotatable bonds is 0. The summed E-state index contributed by atoms with van der Waals surface area (Å²) in [5.74, 6) is 0.